The Bertz CT molecular complexity index is 579. The second-order valence-electron chi connectivity index (χ2n) is 5.41. The van der Waals surface area contributed by atoms with E-state index in [1.807, 2.05) is 18.2 Å². The molecule has 2 N–H and O–H groups in total. The molecule has 1 heterocycles. The van der Waals surface area contributed by atoms with E-state index in [-0.39, 0.29) is 11.0 Å². The first kappa shape index (κ1) is 13.8. The Morgan fingerprint density at radius 3 is 2.68 bits per heavy atom. The standard InChI is InChI=1S/C16H21NO2/c1-4-13(10-17)16(3)7-5-12-9-11(2)15(18)19-14(12)6-8-16/h5-9,13H,4,10,17H2,1-3H3. The third-order valence-electron chi connectivity index (χ3n) is 4.05. The van der Waals surface area contributed by atoms with Gasteiger partial charge in [0, 0.05) is 16.5 Å². The van der Waals surface area contributed by atoms with Crippen molar-refractivity contribution in [3.05, 3.63) is 45.5 Å². The van der Waals surface area contributed by atoms with Crippen LogP contribution in [0.1, 0.15) is 37.2 Å². The summed E-state index contributed by atoms with van der Waals surface area (Å²) in [5, 5.41) is 0. The van der Waals surface area contributed by atoms with Crippen LogP contribution in [0, 0.1) is 18.3 Å². The zero-order chi connectivity index (χ0) is 14.0. The highest BCUT2D eigenvalue weighted by Crippen LogP contribution is 2.36. The molecule has 2 unspecified atom stereocenters. The Balaban J connectivity index is 2.48. The first-order valence-electron chi connectivity index (χ1n) is 6.73. The topological polar surface area (TPSA) is 56.2 Å². The van der Waals surface area contributed by atoms with Crippen molar-refractivity contribution in [1.29, 1.82) is 0 Å². The SMILES string of the molecule is CCC(CN)C1(C)C=Cc2cc(C)c(=O)oc2C=C1. The lowest BCUT2D eigenvalue weighted by Crippen LogP contribution is -2.29. The zero-order valence-electron chi connectivity index (χ0n) is 11.8. The van der Waals surface area contributed by atoms with Gasteiger partial charge in [0.05, 0.1) is 0 Å². The summed E-state index contributed by atoms with van der Waals surface area (Å²) in [4.78, 5) is 11.6. The maximum Gasteiger partial charge on any atom is 0.339 e. The third-order valence-corrected chi connectivity index (χ3v) is 4.05. The molecule has 2 rings (SSSR count). The molecule has 102 valence electrons. The van der Waals surface area contributed by atoms with E-state index in [1.165, 1.54) is 0 Å². The number of allylic oxidation sites excluding steroid dienone is 2. The van der Waals surface area contributed by atoms with Gasteiger partial charge in [-0.1, -0.05) is 38.5 Å². The highest BCUT2D eigenvalue weighted by atomic mass is 16.4. The van der Waals surface area contributed by atoms with E-state index >= 15 is 0 Å². The van der Waals surface area contributed by atoms with Crippen molar-refractivity contribution in [2.45, 2.75) is 27.2 Å². The van der Waals surface area contributed by atoms with E-state index in [0.29, 0.717) is 23.8 Å². The number of fused-ring (bicyclic) bond motifs is 1. The molecule has 0 saturated carbocycles. The van der Waals surface area contributed by atoms with Crippen LogP contribution in [0.5, 0.6) is 0 Å². The fourth-order valence-corrected chi connectivity index (χ4v) is 2.58. The van der Waals surface area contributed by atoms with Gasteiger partial charge in [0.2, 0.25) is 0 Å². The Morgan fingerprint density at radius 2 is 2.05 bits per heavy atom. The molecule has 0 fully saturated rings. The van der Waals surface area contributed by atoms with Gasteiger partial charge in [0.15, 0.2) is 0 Å². The summed E-state index contributed by atoms with van der Waals surface area (Å²) in [5.74, 6) is 1.00. The molecule has 1 aromatic rings. The summed E-state index contributed by atoms with van der Waals surface area (Å²) in [5.41, 5.74) is 7.07. The maximum absolute atomic E-state index is 11.6. The molecular formula is C16H21NO2. The van der Waals surface area contributed by atoms with Crippen molar-refractivity contribution < 1.29 is 4.42 Å². The number of hydrogen-bond acceptors (Lipinski definition) is 3. The minimum absolute atomic E-state index is 0.102. The highest BCUT2D eigenvalue weighted by Gasteiger charge is 2.28. The third kappa shape index (κ3) is 2.56. The molecule has 3 heteroatoms. The van der Waals surface area contributed by atoms with Crippen LogP contribution in [0.4, 0.5) is 0 Å². The van der Waals surface area contributed by atoms with E-state index < -0.39 is 0 Å². The lowest BCUT2D eigenvalue weighted by atomic mass is 9.75. The van der Waals surface area contributed by atoms with E-state index in [2.05, 4.69) is 26.0 Å². The van der Waals surface area contributed by atoms with Crippen molar-refractivity contribution in [3.8, 4) is 0 Å². The van der Waals surface area contributed by atoms with Gasteiger partial charge < -0.3 is 10.2 Å². The van der Waals surface area contributed by atoms with Crippen molar-refractivity contribution in [2.24, 2.45) is 17.1 Å². The molecule has 0 amide bonds. The molecule has 0 radical (unpaired) electrons. The summed E-state index contributed by atoms with van der Waals surface area (Å²) >= 11 is 0. The molecule has 0 bridgehead atoms. The summed E-state index contributed by atoms with van der Waals surface area (Å²) in [6, 6.07) is 1.87. The Hall–Kier alpha value is -1.61. The summed E-state index contributed by atoms with van der Waals surface area (Å²) in [7, 11) is 0. The molecule has 0 spiro atoms. The monoisotopic (exact) mass is 259 g/mol. The molecule has 0 saturated heterocycles. The lowest BCUT2D eigenvalue weighted by molar-refractivity contribution is 0.325. The second-order valence-corrected chi connectivity index (χ2v) is 5.41. The van der Waals surface area contributed by atoms with Gasteiger partial charge in [0.1, 0.15) is 5.76 Å². The van der Waals surface area contributed by atoms with Gasteiger partial charge in [-0.05, 0) is 31.5 Å². The number of rotatable bonds is 3. The van der Waals surface area contributed by atoms with Crippen LogP contribution in [0.25, 0.3) is 12.2 Å². The molecule has 0 aromatic carbocycles. The largest absolute Gasteiger partial charge is 0.423 e. The molecule has 1 aliphatic carbocycles. The molecule has 0 aliphatic heterocycles. The summed E-state index contributed by atoms with van der Waals surface area (Å²) < 4.78 is 5.33. The van der Waals surface area contributed by atoms with Crippen molar-refractivity contribution >= 4 is 12.2 Å². The Morgan fingerprint density at radius 1 is 1.37 bits per heavy atom. The van der Waals surface area contributed by atoms with E-state index in [9.17, 15) is 4.79 Å². The molecule has 19 heavy (non-hydrogen) atoms. The second kappa shape index (κ2) is 5.17. The van der Waals surface area contributed by atoms with Crippen LogP contribution in [0.2, 0.25) is 0 Å². The normalized spacial score (nSPS) is 22.9. The van der Waals surface area contributed by atoms with Crippen molar-refractivity contribution in [3.63, 3.8) is 0 Å². The molecule has 1 aliphatic rings. The highest BCUT2D eigenvalue weighted by molar-refractivity contribution is 5.65. The predicted molar refractivity (Wildman–Crippen MR) is 78.7 cm³/mol. The summed E-state index contributed by atoms with van der Waals surface area (Å²) in [6.07, 6.45) is 9.20. The minimum Gasteiger partial charge on any atom is -0.423 e. The first-order valence-corrected chi connectivity index (χ1v) is 6.73. The van der Waals surface area contributed by atoms with E-state index in [1.54, 1.807) is 6.92 Å². The fraction of sp³-hybridized carbons (Fsp3) is 0.438. The van der Waals surface area contributed by atoms with Crippen LogP contribution in [-0.4, -0.2) is 6.54 Å². The van der Waals surface area contributed by atoms with Crippen LogP contribution in [0.3, 0.4) is 0 Å². The first-order chi connectivity index (χ1) is 9.00. The Kier molecular flexibility index (Phi) is 3.76. The van der Waals surface area contributed by atoms with Crippen molar-refractivity contribution in [2.75, 3.05) is 6.54 Å². The zero-order valence-corrected chi connectivity index (χ0v) is 11.8. The molecular weight excluding hydrogens is 238 g/mol. The number of nitrogens with two attached hydrogens (primary N) is 1. The average molecular weight is 259 g/mol. The van der Waals surface area contributed by atoms with Gasteiger partial charge in [-0.3, -0.25) is 0 Å². The van der Waals surface area contributed by atoms with Gasteiger partial charge in [0.25, 0.3) is 0 Å². The Labute approximate surface area is 113 Å². The van der Waals surface area contributed by atoms with Gasteiger partial charge in [-0.25, -0.2) is 4.79 Å². The van der Waals surface area contributed by atoms with Crippen molar-refractivity contribution in [1.82, 2.24) is 0 Å². The predicted octanol–water partition coefficient (Wildman–Crippen LogP) is 2.98. The van der Waals surface area contributed by atoms with Crippen LogP contribution < -0.4 is 11.4 Å². The van der Waals surface area contributed by atoms with Gasteiger partial charge in [-0.15, -0.1) is 0 Å². The maximum atomic E-state index is 11.6. The van der Waals surface area contributed by atoms with E-state index in [0.717, 1.165) is 12.0 Å². The smallest absolute Gasteiger partial charge is 0.339 e. The molecule has 2 atom stereocenters. The molecule has 3 nitrogen and oxygen atoms in total. The fourth-order valence-electron chi connectivity index (χ4n) is 2.58. The van der Waals surface area contributed by atoms with Crippen LogP contribution >= 0.6 is 0 Å². The quantitative estimate of drug-likeness (QED) is 0.908. The summed E-state index contributed by atoms with van der Waals surface area (Å²) in [6.45, 7) is 6.72. The average Bonchev–Trinajstić information content (AvgIpc) is 2.54. The minimum atomic E-state index is -0.272. The molecule has 1 aromatic heterocycles. The van der Waals surface area contributed by atoms with E-state index in [4.69, 9.17) is 10.2 Å². The van der Waals surface area contributed by atoms with Gasteiger partial charge >= 0.3 is 5.63 Å². The van der Waals surface area contributed by atoms with Crippen LogP contribution in [-0.2, 0) is 0 Å². The van der Waals surface area contributed by atoms with Crippen LogP contribution in [0.15, 0.2) is 27.4 Å². The lowest BCUT2D eigenvalue weighted by Gasteiger charge is -2.30. The number of hydrogen-bond donors (Lipinski definition) is 1. The van der Waals surface area contributed by atoms with Gasteiger partial charge in [-0.2, -0.15) is 0 Å². The number of aryl methyl sites for hydroxylation is 1.